The van der Waals surface area contributed by atoms with Crippen molar-refractivity contribution < 1.29 is 14.1 Å². The van der Waals surface area contributed by atoms with Gasteiger partial charge >= 0.3 is 0 Å². The van der Waals surface area contributed by atoms with Gasteiger partial charge in [-0.3, -0.25) is 14.7 Å². The molecule has 2 aromatic heterocycles. The molecule has 1 aliphatic heterocycles. The van der Waals surface area contributed by atoms with Crippen LogP contribution in [0.15, 0.2) is 28.9 Å². The monoisotopic (exact) mass is 356 g/mol. The molecule has 26 heavy (non-hydrogen) atoms. The smallest absolute Gasteiger partial charge is 0.273 e. The number of nitrogens with zero attached hydrogens (tertiary/aromatic N) is 3. The largest absolute Gasteiger partial charge is 0.379 e. The van der Waals surface area contributed by atoms with E-state index in [1.807, 2.05) is 18.2 Å². The van der Waals surface area contributed by atoms with Crippen molar-refractivity contribution >= 4 is 5.91 Å². The standard InChI is InChI=1S/C19H24N4O3/c24-19(18-14-5-1-2-7-17(14)26-22-18)21-13-16(15-6-3-4-8-20-15)23-9-11-25-12-10-23/h3-4,6,8,16H,1-2,5,7,9-13H2,(H,21,24)/t16-/m1/s1. The van der Waals surface area contributed by atoms with E-state index in [1.165, 1.54) is 0 Å². The molecular formula is C19H24N4O3. The third-order valence-electron chi connectivity index (χ3n) is 5.14. The minimum atomic E-state index is -0.161. The van der Waals surface area contributed by atoms with Crippen LogP contribution in [-0.2, 0) is 17.6 Å². The van der Waals surface area contributed by atoms with Crippen LogP contribution in [-0.4, -0.2) is 53.8 Å². The van der Waals surface area contributed by atoms with Gasteiger partial charge < -0.3 is 14.6 Å². The second kappa shape index (κ2) is 7.97. The van der Waals surface area contributed by atoms with Crippen LogP contribution in [0.2, 0.25) is 0 Å². The molecule has 0 radical (unpaired) electrons. The Hall–Kier alpha value is -2.25. The third-order valence-corrected chi connectivity index (χ3v) is 5.14. The number of fused-ring (bicyclic) bond motifs is 1. The highest BCUT2D eigenvalue weighted by Crippen LogP contribution is 2.24. The summed E-state index contributed by atoms with van der Waals surface area (Å²) < 4.78 is 10.8. The number of nitrogens with one attached hydrogen (secondary N) is 1. The van der Waals surface area contributed by atoms with Gasteiger partial charge in [-0.2, -0.15) is 0 Å². The average molecular weight is 356 g/mol. The number of hydrogen-bond acceptors (Lipinski definition) is 6. The van der Waals surface area contributed by atoms with Crippen molar-refractivity contribution in [3.05, 3.63) is 47.1 Å². The number of aryl methyl sites for hydroxylation is 1. The number of aromatic nitrogens is 2. The van der Waals surface area contributed by atoms with Gasteiger partial charge in [0.25, 0.3) is 5.91 Å². The molecule has 7 heteroatoms. The van der Waals surface area contributed by atoms with Gasteiger partial charge in [0.05, 0.1) is 24.9 Å². The van der Waals surface area contributed by atoms with Gasteiger partial charge in [0.2, 0.25) is 0 Å². The van der Waals surface area contributed by atoms with Gasteiger partial charge in [-0.15, -0.1) is 0 Å². The van der Waals surface area contributed by atoms with Crippen LogP contribution in [0.25, 0.3) is 0 Å². The first-order chi connectivity index (χ1) is 12.8. The highest BCUT2D eigenvalue weighted by molar-refractivity contribution is 5.93. The summed E-state index contributed by atoms with van der Waals surface area (Å²) >= 11 is 0. The van der Waals surface area contributed by atoms with Gasteiger partial charge in [0.1, 0.15) is 5.76 Å². The predicted octanol–water partition coefficient (Wildman–Crippen LogP) is 1.75. The van der Waals surface area contributed by atoms with E-state index < -0.39 is 0 Å². The Morgan fingerprint density at radius 2 is 2.08 bits per heavy atom. The Balaban J connectivity index is 1.47. The summed E-state index contributed by atoms with van der Waals surface area (Å²) in [7, 11) is 0. The van der Waals surface area contributed by atoms with Crippen molar-refractivity contribution in [2.45, 2.75) is 31.7 Å². The van der Waals surface area contributed by atoms with Crippen molar-refractivity contribution in [3.63, 3.8) is 0 Å². The maximum Gasteiger partial charge on any atom is 0.273 e. The zero-order chi connectivity index (χ0) is 17.8. The fourth-order valence-electron chi connectivity index (χ4n) is 3.72. The third kappa shape index (κ3) is 3.64. The molecule has 0 spiro atoms. The first kappa shape index (κ1) is 17.2. The van der Waals surface area contributed by atoms with E-state index in [4.69, 9.17) is 9.26 Å². The number of carbonyl (C=O) groups excluding carboxylic acids is 1. The number of morpholine rings is 1. The summed E-state index contributed by atoms with van der Waals surface area (Å²) in [6.45, 7) is 3.55. The first-order valence-corrected chi connectivity index (χ1v) is 9.31. The molecule has 1 atom stereocenters. The van der Waals surface area contributed by atoms with E-state index in [0.717, 1.165) is 55.8 Å². The number of rotatable bonds is 5. The summed E-state index contributed by atoms with van der Waals surface area (Å²) in [4.78, 5) is 19.5. The summed E-state index contributed by atoms with van der Waals surface area (Å²) in [6, 6.07) is 5.91. The molecule has 0 saturated carbocycles. The molecular weight excluding hydrogens is 332 g/mol. The van der Waals surface area contributed by atoms with Crippen LogP contribution in [0.5, 0.6) is 0 Å². The van der Waals surface area contributed by atoms with Crippen molar-refractivity contribution in [1.29, 1.82) is 0 Å². The molecule has 138 valence electrons. The van der Waals surface area contributed by atoms with Crippen LogP contribution in [0.3, 0.4) is 0 Å². The number of ether oxygens (including phenoxy) is 1. The van der Waals surface area contributed by atoms with E-state index in [-0.39, 0.29) is 11.9 Å². The molecule has 3 heterocycles. The lowest BCUT2D eigenvalue weighted by Gasteiger charge is -2.34. The van der Waals surface area contributed by atoms with Crippen LogP contribution in [0, 0.1) is 0 Å². The van der Waals surface area contributed by atoms with E-state index in [1.54, 1.807) is 6.20 Å². The quantitative estimate of drug-likeness (QED) is 0.879. The van der Waals surface area contributed by atoms with E-state index >= 15 is 0 Å². The number of hydrogen-bond donors (Lipinski definition) is 1. The molecule has 0 aromatic carbocycles. The molecule has 0 unspecified atom stereocenters. The van der Waals surface area contributed by atoms with E-state index in [9.17, 15) is 4.79 Å². The molecule has 7 nitrogen and oxygen atoms in total. The Kier molecular flexibility index (Phi) is 5.26. The second-order valence-electron chi connectivity index (χ2n) is 6.77. The number of carbonyl (C=O) groups is 1. The zero-order valence-corrected chi connectivity index (χ0v) is 14.8. The van der Waals surface area contributed by atoms with Crippen LogP contribution in [0.1, 0.15) is 46.4 Å². The minimum Gasteiger partial charge on any atom is -0.379 e. The Morgan fingerprint density at radius 3 is 2.88 bits per heavy atom. The first-order valence-electron chi connectivity index (χ1n) is 9.31. The van der Waals surface area contributed by atoms with Gasteiger partial charge in [0, 0.05) is 37.8 Å². The number of amides is 1. The molecule has 4 rings (SSSR count). The van der Waals surface area contributed by atoms with Crippen molar-refractivity contribution in [2.75, 3.05) is 32.8 Å². The molecule has 1 fully saturated rings. The Bertz CT molecular complexity index is 740. The van der Waals surface area contributed by atoms with Gasteiger partial charge in [0.15, 0.2) is 5.69 Å². The summed E-state index contributed by atoms with van der Waals surface area (Å²) in [6.07, 6.45) is 5.72. The summed E-state index contributed by atoms with van der Waals surface area (Å²) in [5, 5.41) is 7.07. The highest BCUT2D eigenvalue weighted by Gasteiger charge is 2.27. The van der Waals surface area contributed by atoms with Crippen LogP contribution < -0.4 is 5.32 Å². The summed E-state index contributed by atoms with van der Waals surface area (Å²) in [5.74, 6) is 0.710. The second-order valence-corrected chi connectivity index (χ2v) is 6.77. The lowest BCUT2D eigenvalue weighted by atomic mass is 9.96. The highest BCUT2D eigenvalue weighted by atomic mass is 16.5. The molecule has 2 aliphatic rings. The van der Waals surface area contributed by atoms with Gasteiger partial charge in [-0.1, -0.05) is 11.2 Å². The Morgan fingerprint density at radius 1 is 1.23 bits per heavy atom. The van der Waals surface area contributed by atoms with Crippen molar-refractivity contribution in [3.8, 4) is 0 Å². The van der Waals surface area contributed by atoms with Gasteiger partial charge in [-0.25, -0.2) is 0 Å². The Labute approximate surface area is 152 Å². The van der Waals surface area contributed by atoms with Crippen molar-refractivity contribution in [2.24, 2.45) is 0 Å². The van der Waals surface area contributed by atoms with Crippen molar-refractivity contribution in [1.82, 2.24) is 20.4 Å². The topological polar surface area (TPSA) is 80.5 Å². The zero-order valence-electron chi connectivity index (χ0n) is 14.8. The molecule has 0 bridgehead atoms. The fourth-order valence-corrected chi connectivity index (χ4v) is 3.72. The molecule has 1 aliphatic carbocycles. The minimum absolute atomic E-state index is 0.0202. The maximum absolute atomic E-state index is 12.7. The predicted molar refractivity (Wildman–Crippen MR) is 94.8 cm³/mol. The number of pyridine rings is 1. The molecule has 1 amide bonds. The average Bonchev–Trinajstić information content (AvgIpc) is 3.14. The normalized spacial score (nSPS) is 18.9. The van der Waals surface area contributed by atoms with E-state index in [2.05, 4.69) is 20.4 Å². The van der Waals surface area contributed by atoms with E-state index in [0.29, 0.717) is 25.5 Å². The maximum atomic E-state index is 12.7. The molecule has 2 aromatic rings. The fraction of sp³-hybridized carbons (Fsp3) is 0.526. The van der Waals surface area contributed by atoms with Crippen LogP contribution >= 0.6 is 0 Å². The lowest BCUT2D eigenvalue weighted by molar-refractivity contribution is 0.0153. The molecule has 1 saturated heterocycles. The van der Waals surface area contributed by atoms with Gasteiger partial charge in [-0.05, 0) is 31.4 Å². The molecule has 1 N–H and O–H groups in total. The van der Waals surface area contributed by atoms with Crippen LogP contribution in [0.4, 0.5) is 0 Å². The summed E-state index contributed by atoms with van der Waals surface area (Å²) in [5.41, 5.74) is 2.38. The lowest BCUT2D eigenvalue weighted by Crippen LogP contribution is -2.44. The SMILES string of the molecule is O=C(NC[C@H](c1ccccn1)N1CCOCC1)c1noc2c1CCCC2.